The van der Waals surface area contributed by atoms with Gasteiger partial charge in [-0.1, -0.05) is 4.68 Å². The van der Waals surface area contributed by atoms with E-state index in [9.17, 15) is 0 Å². The van der Waals surface area contributed by atoms with Crippen molar-refractivity contribution in [1.82, 2.24) is 20.7 Å². The number of aromatic nitrogens is 2. The second-order valence-electron chi connectivity index (χ2n) is 7.14. The number of methoxy groups -OCH3 is 1. The van der Waals surface area contributed by atoms with Crippen LogP contribution in [-0.4, -0.2) is 46.6 Å². The third-order valence-electron chi connectivity index (χ3n) is 5.59. The Kier molecular flexibility index (Phi) is 3.01. The maximum Gasteiger partial charge on any atom is 0.373 e. The summed E-state index contributed by atoms with van der Waals surface area (Å²) in [7, 11) is 1.70. The summed E-state index contributed by atoms with van der Waals surface area (Å²) in [4.78, 5) is 12.7. The molecule has 2 aliphatic heterocycles. The molecule has 28 heavy (non-hydrogen) atoms. The van der Waals surface area contributed by atoms with E-state index < -0.39 is 0 Å². The van der Waals surface area contributed by atoms with Gasteiger partial charge in [-0.25, -0.2) is 4.98 Å². The van der Waals surface area contributed by atoms with Gasteiger partial charge >= 0.3 is 5.96 Å². The Morgan fingerprint density at radius 3 is 2.82 bits per heavy atom. The Morgan fingerprint density at radius 2 is 2.00 bits per heavy atom. The lowest BCUT2D eigenvalue weighted by atomic mass is 10.00. The number of hydrazone groups is 1. The number of nitrogens with one attached hydrogen (secondary N) is 3. The number of fused-ring (bicyclic) bond motifs is 4. The number of aryl methyl sites for hydroxylation is 1. The highest BCUT2D eigenvalue weighted by molar-refractivity contribution is 6.18. The minimum atomic E-state index is 0.806. The van der Waals surface area contributed by atoms with Crippen molar-refractivity contribution in [2.45, 2.75) is 6.92 Å². The number of amidine groups is 1. The molecule has 0 amide bonds. The van der Waals surface area contributed by atoms with E-state index in [0.29, 0.717) is 0 Å². The van der Waals surface area contributed by atoms with E-state index in [2.05, 4.69) is 56.9 Å². The van der Waals surface area contributed by atoms with Gasteiger partial charge in [0, 0.05) is 27.9 Å². The van der Waals surface area contributed by atoms with Crippen LogP contribution >= 0.6 is 0 Å². The second-order valence-corrected chi connectivity index (χ2v) is 7.14. The van der Waals surface area contributed by atoms with E-state index in [1.165, 1.54) is 16.3 Å². The average molecular weight is 371 g/mol. The molecule has 0 unspecified atom stereocenters. The summed E-state index contributed by atoms with van der Waals surface area (Å²) in [6, 6.07) is 10.4. The molecule has 0 radical (unpaired) electrons. The maximum atomic E-state index is 5.43. The van der Waals surface area contributed by atoms with Crippen molar-refractivity contribution in [2.24, 2.45) is 4.99 Å². The van der Waals surface area contributed by atoms with Crippen molar-refractivity contribution in [1.29, 1.82) is 0 Å². The number of hydrogen-bond donors (Lipinski definition) is 3. The molecule has 7 nitrogen and oxygen atoms in total. The van der Waals surface area contributed by atoms with Crippen LogP contribution in [0.25, 0.3) is 32.6 Å². The van der Waals surface area contributed by atoms with E-state index >= 15 is 0 Å². The molecule has 4 aromatic rings. The van der Waals surface area contributed by atoms with Crippen LogP contribution in [0.4, 0.5) is 0 Å². The topological polar surface area (TPSA) is 87.2 Å². The average Bonchev–Trinajstić information content (AvgIpc) is 3.16. The molecule has 0 aliphatic carbocycles. The highest BCUT2D eigenvalue weighted by Crippen LogP contribution is 2.35. The van der Waals surface area contributed by atoms with Gasteiger partial charge in [-0.2, -0.15) is 5.43 Å². The van der Waals surface area contributed by atoms with Gasteiger partial charge in [-0.05, 0) is 48.2 Å². The van der Waals surface area contributed by atoms with E-state index in [1.54, 1.807) is 7.11 Å². The highest BCUT2D eigenvalue weighted by Gasteiger charge is 2.37. The summed E-state index contributed by atoms with van der Waals surface area (Å²) in [6.45, 7) is 3.84. The van der Waals surface area contributed by atoms with Crippen LogP contribution in [0.15, 0.2) is 41.5 Å². The third kappa shape index (κ3) is 2.07. The van der Waals surface area contributed by atoms with Gasteiger partial charge in [0.2, 0.25) is 0 Å². The first-order chi connectivity index (χ1) is 13.7. The molecule has 138 valence electrons. The predicted octanol–water partition coefficient (Wildman–Crippen LogP) is 2.42. The van der Waals surface area contributed by atoms with Crippen LogP contribution in [0, 0.1) is 6.92 Å². The fraction of sp³-hybridized carbons (Fsp3) is 0.190. The molecule has 0 saturated carbocycles. The number of pyridine rings is 1. The Balaban J connectivity index is 1.65. The molecule has 2 aliphatic rings. The van der Waals surface area contributed by atoms with Gasteiger partial charge in [0.15, 0.2) is 0 Å². The molecule has 0 spiro atoms. The summed E-state index contributed by atoms with van der Waals surface area (Å²) >= 11 is 0. The Morgan fingerprint density at radius 1 is 1.07 bits per heavy atom. The molecule has 0 atom stereocenters. The molecule has 4 heterocycles. The number of nitrogens with zero attached hydrogens (tertiary/aromatic N) is 3. The first-order valence-electron chi connectivity index (χ1n) is 9.35. The number of rotatable bonds is 2. The van der Waals surface area contributed by atoms with E-state index in [-0.39, 0.29) is 0 Å². The SMILES string of the molecule is COc1ccc2[nH]c3c(C)c4ccnc(C5=[N+](C6=NCCN6)N5)c4cc3c2c1. The lowest BCUT2D eigenvalue weighted by Gasteiger charge is -2.06. The van der Waals surface area contributed by atoms with Gasteiger partial charge in [-0.3, -0.25) is 5.32 Å². The fourth-order valence-electron chi connectivity index (χ4n) is 4.11. The number of hydrogen-bond acceptors (Lipinski definition) is 5. The second kappa shape index (κ2) is 5.45. The normalized spacial score (nSPS) is 15.9. The van der Waals surface area contributed by atoms with Gasteiger partial charge in [0.1, 0.15) is 18.0 Å². The third-order valence-corrected chi connectivity index (χ3v) is 5.59. The van der Waals surface area contributed by atoms with Crippen molar-refractivity contribution in [3.05, 3.63) is 47.8 Å². The fourth-order valence-corrected chi connectivity index (χ4v) is 4.11. The first-order valence-corrected chi connectivity index (χ1v) is 9.35. The number of guanidine groups is 1. The number of aliphatic imine (C=N–C) groups is 1. The van der Waals surface area contributed by atoms with Crippen LogP contribution in [0.1, 0.15) is 11.3 Å². The number of ether oxygens (including phenoxy) is 1. The Hall–Kier alpha value is -3.61. The zero-order valence-corrected chi connectivity index (χ0v) is 15.6. The number of aromatic amines is 1. The summed E-state index contributed by atoms with van der Waals surface area (Å²) < 4.78 is 7.40. The van der Waals surface area contributed by atoms with Crippen molar-refractivity contribution in [3.8, 4) is 5.75 Å². The largest absolute Gasteiger partial charge is 0.497 e. The van der Waals surface area contributed by atoms with Crippen LogP contribution < -0.4 is 15.5 Å². The number of benzene rings is 2. The standard InChI is InChI=1S/C21H18N6O/c1-11-13-5-6-22-19(20-26-27(20)21-23-7-8-24-21)15(13)10-16-14-9-12(28-2)3-4-17(14)25-18(11)16/h3-6,9-10H,7-8H2,1-2H3,(H2,22,23,24,25,26)/p+1. The van der Waals surface area contributed by atoms with E-state index in [0.717, 1.165) is 58.1 Å². The minimum absolute atomic E-state index is 0.806. The van der Waals surface area contributed by atoms with Crippen molar-refractivity contribution in [3.63, 3.8) is 0 Å². The van der Waals surface area contributed by atoms with Crippen LogP contribution in [-0.2, 0) is 0 Å². The molecule has 7 heteroatoms. The van der Waals surface area contributed by atoms with E-state index in [1.807, 2.05) is 16.9 Å². The summed E-state index contributed by atoms with van der Waals surface area (Å²) in [6.07, 6.45) is 1.87. The Labute approximate surface area is 160 Å². The smallest absolute Gasteiger partial charge is 0.373 e. The maximum absolute atomic E-state index is 5.43. The van der Waals surface area contributed by atoms with Gasteiger partial charge in [0.25, 0.3) is 5.84 Å². The van der Waals surface area contributed by atoms with E-state index in [4.69, 9.17) is 4.74 Å². The van der Waals surface area contributed by atoms with Crippen LogP contribution in [0.3, 0.4) is 0 Å². The lowest BCUT2D eigenvalue weighted by Crippen LogP contribution is -2.25. The minimum Gasteiger partial charge on any atom is -0.497 e. The molecule has 2 aromatic carbocycles. The lowest BCUT2D eigenvalue weighted by molar-refractivity contribution is -0.365. The van der Waals surface area contributed by atoms with Gasteiger partial charge in [-0.15, -0.1) is 4.99 Å². The van der Waals surface area contributed by atoms with Crippen LogP contribution in [0.5, 0.6) is 5.75 Å². The zero-order valence-electron chi connectivity index (χ0n) is 15.6. The monoisotopic (exact) mass is 371 g/mol. The quantitative estimate of drug-likeness (QED) is 0.472. The van der Waals surface area contributed by atoms with Gasteiger partial charge in [0.05, 0.1) is 19.2 Å². The van der Waals surface area contributed by atoms with Crippen molar-refractivity contribution >= 4 is 44.4 Å². The van der Waals surface area contributed by atoms with Gasteiger partial charge < -0.3 is 9.72 Å². The Bertz CT molecular complexity index is 1360. The molecule has 0 saturated heterocycles. The van der Waals surface area contributed by atoms with Crippen molar-refractivity contribution < 1.29 is 9.42 Å². The molecule has 6 rings (SSSR count). The summed E-state index contributed by atoms with van der Waals surface area (Å²) in [5.41, 5.74) is 7.72. The number of H-pyrrole nitrogens is 1. The molecule has 2 aromatic heterocycles. The highest BCUT2D eigenvalue weighted by atomic mass is 16.5. The van der Waals surface area contributed by atoms with Crippen LogP contribution in [0.2, 0.25) is 0 Å². The first kappa shape index (κ1) is 15.4. The molecule has 0 bridgehead atoms. The molecular weight excluding hydrogens is 352 g/mol. The molecule has 3 N–H and O–H groups in total. The number of hydrazine groups is 1. The zero-order chi connectivity index (χ0) is 18.8. The summed E-state index contributed by atoms with van der Waals surface area (Å²) in [5, 5.41) is 7.94. The summed E-state index contributed by atoms with van der Waals surface area (Å²) in [5.74, 6) is 2.70. The van der Waals surface area contributed by atoms with Crippen molar-refractivity contribution in [2.75, 3.05) is 20.2 Å². The molecular formula is C21H19N6O+. The molecule has 0 fully saturated rings. The predicted molar refractivity (Wildman–Crippen MR) is 110 cm³/mol.